The quantitative estimate of drug-likeness (QED) is 0.478. The third kappa shape index (κ3) is 3.39. The highest BCUT2D eigenvalue weighted by atomic mass is 35.5. The molecule has 4 heteroatoms. The number of benzene rings is 3. The fraction of sp³-hybridized carbons (Fsp3) is 0.0909. The van der Waals surface area contributed by atoms with Gasteiger partial charge >= 0.3 is 0 Å². The van der Waals surface area contributed by atoms with Crippen LogP contribution in [0.3, 0.4) is 0 Å². The van der Waals surface area contributed by atoms with Gasteiger partial charge < -0.3 is 4.74 Å². The molecule has 0 fully saturated rings. The molecule has 0 spiro atoms. The second-order valence-corrected chi connectivity index (χ2v) is 6.48. The van der Waals surface area contributed by atoms with Crippen molar-refractivity contribution in [1.82, 2.24) is 9.97 Å². The highest BCUT2D eigenvalue weighted by Crippen LogP contribution is 2.27. The minimum atomic E-state index is 0.691. The van der Waals surface area contributed by atoms with Gasteiger partial charge in [-0.05, 0) is 54.1 Å². The lowest BCUT2D eigenvalue weighted by Crippen LogP contribution is -2.00. The van der Waals surface area contributed by atoms with Gasteiger partial charge in [0.2, 0.25) is 0 Å². The fourth-order valence-corrected chi connectivity index (χ4v) is 3.06. The summed E-state index contributed by atoms with van der Waals surface area (Å²) >= 11 is 6.01. The Morgan fingerprint density at radius 3 is 2.12 bits per heavy atom. The number of halogens is 1. The third-order valence-corrected chi connectivity index (χ3v) is 4.54. The summed E-state index contributed by atoms with van der Waals surface area (Å²) in [6.07, 6.45) is 0.691. The lowest BCUT2D eigenvalue weighted by molar-refractivity contribution is 0.415. The van der Waals surface area contributed by atoms with E-state index in [0.29, 0.717) is 6.42 Å². The molecule has 3 nitrogen and oxygen atoms in total. The molecule has 3 aromatic carbocycles. The van der Waals surface area contributed by atoms with Crippen LogP contribution in [0.2, 0.25) is 5.02 Å². The van der Waals surface area contributed by atoms with Crippen molar-refractivity contribution in [2.45, 2.75) is 6.42 Å². The first-order chi connectivity index (χ1) is 12.7. The first kappa shape index (κ1) is 16.6. The topological polar surface area (TPSA) is 35.0 Å². The third-order valence-electron chi connectivity index (χ3n) is 4.29. The molecule has 0 radical (unpaired) electrons. The Balaban J connectivity index is 1.83. The molecular formula is C22H17ClN2O. The normalized spacial score (nSPS) is 10.8. The van der Waals surface area contributed by atoms with Crippen molar-refractivity contribution in [2.75, 3.05) is 7.11 Å². The Morgan fingerprint density at radius 1 is 0.808 bits per heavy atom. The van der Waals surface area contributed by atoms with E-state index in [4.69, 9.17) is 26.3 Å². The molecule has 0 bridgehead atoms. The van der Waals surface area contributed by atoms with E-state index in [9.17, 15) is 0 Å². The predicted octanol–water partition coefficient (Wildman–Crippen LogP) is 5.55. The summed E-state index contributed by atoms with van der Waals surface area (Å²) in [5.41, 5.74) is 5.78. The lowest BCUT2D eigenvalue weighted by Gasteiger charge is -2.11. The van der Waals surface area contributed by atoms with Gasteiger partial charge in [0.15, 0.2) is 0 Å². The second-order valence-electron chi connectivity index (χ2n) is 6.04. The molecule has 26 heavy (non-hydrogen) atoms. The Labute approximate surface area is 157 Å². The molecule has 1 aromatic heterocycles. The molecule has 0 aliphatic carbocycles. The second kappa shape index (κ2) is 7.14. The molecule has 4 aromatic rings. The fourth-order valence-electron chi connectivity index (χ4n) is 2.94. The van der Waals surface area contributed by atoms with Crippen LogP contribution >= 0.6 is 11.6 Å². The van der Waals surface area contributed by atoms with Crippen molar-refractivity contribution >= 4 is 22.6 Å². The van der Waals surface area contributed by atoms with Gasteiger partial charge in [0.1, 0.15) is 5.75 Å². The van der Waals surface area contributed by atoms with Crippen LogP contribution in [0, 0.1) is 0 Å². The van der Waals surface area contributed by atoms with Crippen LogP contribution in [0.15, 0.2) is 72.8 Å². The number of fused-ring (bicyclic) bond motifs is 1. The summed E-state index contributed by atoms with van der Waals surface area (Å²) in [5.74, 6) is 0.821. The molecular weight excluding hydrogens is 344 g/mol. The maximum Gasteiger partial charge on any atom is 0.118 e. The highest BCUT2D eigenvalue weighted by Gasteiger charge is 2.12. The standard InChI is InChI=1S/C22H17ClN2O/c1-26-18-12-8-16(9-13-18)22-21(14-15-6-10-17(23)11-7-15)24-19-4-2-3-5-20(19)25-22/h2-13H,14H2,1H3. The molecule has 128 valence electrons. The number of nitrogens with zero attached hydrogens (tertiary/aromatic N) is 2. The van der Waals surface area contributed by atoms with E-state index in [-0.39, 0.29) is 0 Å². The van der Waals surface area contributed by atoms with Gasteiger partial charge in [0, 0.05) is 17.0 Å². The molecule has 4 rings (SSSR count). The summed E-state index contributed by atoms with van der Waals surface area (Å²) < 4.78 is 5.26. The molecule has 0 aliphatic rings. The van der Waals surface area contributed by atoms with Crippen molar-refractivity contribution in [3.05, 3.63) is 89.1 Å². The molecule has 0 atom stereocenters. The Hall–Kier alpha value is -2.91. The zero-order valence-corrected chi connectivity index (χ0v) is 15.1. The number of hydrogen-bond acceptors (Lipinski definition) is 3. The molecule has 0 N–H and O–H groups in total. The largest absolute Gasteiger partial charge is 0.497 e. The number of ether oxygens (including phenoxy) is 1. The van der Waals surface area contributed by atoms with Crippen molar-refractivity contribution < 1.29 is 4.74 Å². The van der Waals surface area contributed by atoms with Crippen LogP contribution in [0.4, 0.5) is 0 Å². The highest BCUT2D eigenvalue weighted by molar-refractivity contribution is 6.30. The monoisotopic (exact) mass is 360 g/mol. The van der Waals surface area contributed by atoms with E-state index in [1.807, 2.05) is 72.8 Å². The Kier molecular flexibility index (Phi) is 4.55. The zero-order valence-electron chi connectivity index (χ0n) is 14.3. The van der Waals surface area contributed by atoms with Gasteiger partial charge in [-0.25, -0.2) is 9.97 Å². The van der Waals surface area contributed by atoms with Crippen molar-refractivity contribution in [1.29, 1.82) is 0 Å². The number of hydrogen-bond donors (Lipinski definition) is 0. The van der Waals surface area contributed by atoms with Crippen LogP contribution in [0.1, 0.15) is 11.3 Å². The average molecular weight is 361 g/mol. The SMILES string of the molecule is COc1ccc(-c2nc3ccccc3nc2Cc2ccc(Cl)cc2)cc1. The maximum atomic E-state index is 6.01. The number of aromatic nitrogens is 2. The van der Waals surface area contributed by atoms with Crippen molar-refractivity contribution in [3.63, 3.8) is 0 Å². The lowest BCUT2D eigenvalue weighted by atomic mass is 10.0. The van der Waals surface area contributed by atoms with Crippen LogP contribution in [-0.2, 0) is 6.42 Å². The predicted molar refractivity (Wildman–Crippen MR) is 106 cm³/mol. The number of para-hydroxylation sites is 2. The van der Waals surface area contributed by atoms with Crippen LogP contribution in [-0.4, -0.2) is 17.1 Å². The van der Waals surface area contributed by atoms with Gasteiger partial charge in [0.05, 0.1) is 29.5 Å². The van der Waals surface area contributed by atoms with Gasteiger partial charge in [0.25, 0.3) is 0 Å². The summed E-state index contributed by atoms with van der Waals surface area (Å²) in [6, 6.07) is 23.7. The van der Waals surface area contributed by atoms with Crippen LogP contribution < -0.4 is 4.74 Å². The minimum absolute atomic E-state index is 0.691. The first-order valence-corrected chi connectivity index (χ1v) is 8.75. The summed E-state index contributed by atoms with van der Waals surface area (Å²) in [5, 5.41) is 0.730. The summed E-state index contributed by atoms with van der Waals surface area (Å²) in [4.78, 5) is 9.77. The molecule has 0 amide bonds. The van der Waals surface area contributed by atoms with Crippen LogP contribution in [0.25, 0.3) is 22.3 Å². The smallest absolute Gasteiger partial charge is 0.118 e. The Morgan fingerprint density at radius 2 is 1.46 bits per heavy atom. The maximum absolute atomic E-state index is 6.01. The van der Waals surface area contributed by atoms with Gasteiger partial charge in [-0.3, -0.25) is 0 Å². The molecule has 0 aliphatic heterocycles. The van der Waals surface area contributed by atoms with E-state index < -0.39 is 0 Å². The van der Waals surface area contributed by atoms with E-state index >= 15 is 0 Å². The van der Waals surface area contributed by atoms with E-state index in [1.54, 1.807) is 7.11 Å². The number of rotatable bonds is 4. The van der Waals surface area contributed by atoms with E-state index in [0.717, 1.165) is 44.3 Å². The van der Waals surface area contributed by atoms with Crippen molar-refractivity contribution in [2.24, 2.45) is 0 Å². The number of methoxy groups -OCH3 is 1. The van der Waals surface area contributed by atoms with Crippen LogP contribution in [0.5, 0.6) is 5.75 Å². The van der Waals surface area contributed by atoms with E-state index in [2.05, 4.69) is 0 Å². The minimum Gasteiger partial charge on any atom is -0.497 e. The first-order valence-electron chi connectivity index (χ1n) is 8.37. The molecule has 1 heterocycles. The van der Waals surface area contributed by atoms with E-state index in [1.165, 1.54) is 0 Å². The summed E-state index contributed by atoms with van der Waals surface area (Å²) in [6.45, 7) is 0. The molecule has 0 saturated heterocycles. The van der Waals surface area contributed by atoms with Gasteiger partial charge in [-0.15, -0.1) is 0 Å². The zero-order chi connectivity index (χ0) is 17.9. The van der Waals surface area contributed by atoms with Crippen molar-refractivity contribution in [3.8, 4) is 17.0 Å². The molecule has 0 saturated carbocycles. The molecule has 0 unspecified atom stereocenters. The van der Waals surface area contributed by atoms with Gasteiger partial charge in [-0.1, -0.05) is 35.9 Å². The summed E-state index contributed by atoms with van der Waals surface area (Å²) in [7, 11) is 1.66. The van der Waals surface area contributed by atoms with Gasteiger partial charge in [-0.2, -0.15) is 0 Å². The average Bonchev–Trinajstić information content (AvgIpc) is 2.69. The Bertz CT molecular complexity index is 1040.